The summed E-state index contributed by atoms with van der Waals surface area (Å²) in [6.07, 6.45) is 2.23. The first-order valence-corrected chi connectivity index (χ1v) is 11.1. The van der Waals surface area contributed by atoms with Crippen LogP contribution in [0.15, 0.2) is 60.1 Å². The number of hydrogen-bond donors (Lipinski definition) is 2. The molecule has 0 unspecified atom stereocenters. The SMILES string of the molecule is [2H]C([2H])([2H])C([2H])([2H])Oc1cccc(-n2nc(Nc3ncc(-c4cccs4)cc3C(=O)O)cc2CC(C)C)c1. The first-order valence-electron chi connectivity index (χ1n) is 12.8. The lowest BCUT2D eigenvalue weighted by atomic mass is 10.1. The molecule has 3 heterocycles. The lowest BCUT2D eigenvalue weighted by Gasteiger charge is -2.11. The maximum Gasteiger partial charge on any atom is 0.339 e. The second kappa shape index (κ2) is 9.87. The Labute approximate surface area is 203 Å². The number of rotatable bonds is 9. The molecule has 0 aliphatic carbocycles. The number of pyridine rings is 1. The highest BCUT2D eigenvalue weighted by Gasteiger charge is 2.17. The van der Waals surface area contributed by atoms with Gasteiger partial charge in [-0.05, 0) is 48.8 Å². The molecule has 0 saturated carbocycles. The lowest BCUT2D eigenvalue weighted by molar-refractivity contribution is 0.0697. The smallest absolute Gasteiger partial charge is 0.339 e. The molecule has 0 aliphatic heterocycles. The van der Waals surface area contributed by atoms with Gasteiger partial charge in [0.05, 0.1) is 15.0 Å². The van der Waals surface area contributed by atoms with Crippen LogP contribution in [-0.2, 0) is 6.42 Å². The van der Waals surface area contributed by atoms with Crippen LogP contribution in [0.25, 0.3) is 16.1 Å². The summed E-state index contributed by atoms with van der Waals surface area (Å²) in [6, 6.07) is 13.4. The van der Waals surface area contributed by atoms with E-state index < -0.39 is 19.4 Å². The fraction of sp³-hybridized carbons (Fsp3) is 0.240. The fourth-order valence-electron chi connectivity index (χ4n) is 3.43. The van der Waals surface area contributed by atoms with E-state index in [2.05, 4.69) is 15.4 Å². The second-order valence-corrected chi connectivity index (χ2v) is 8.71. The minimum absolute atomic E-state index is 0.00171. The van der Waals surface area contributed by atoms with Gasteiger partial charge in [0.15, 0.2) is 5.82 Å². The Morgan fingerprint density at radius 3 is 2.91 bits per heavy atom. The Morgan fingerprint density at radius 1 is 1.30 bits per heavy atom. The van der Waals surface area contributed by atoms with Crippen molar-refractivity contribution in [3.8, 4) is 21.9 Å². The minimum atomic E-state index is -2.97. The topological polar surface area (TPSA) is 89.3 Å². The largest absolute Gasteiger partial charge is 0.494 e. The number of carboxylic acids is 1. The highest BCUT2D eigenvalue weighted by atomic mass is 32.1. The molecule has 0 atom stereocenters. The van der Waals surface area contributed by atoms with Crippen molar-refractivity contribution in [2.24, 2.45) is 5.92 Å². The summed E-state index contributed by atoms with van der Waals surface area (Å²) in [5, 5.41) is 19.3. The molecule has 1 aromatic carbocycles. The third-order valence-electron chi connectivity index (χ3n) is 4.80. The highest BCUT2D eigenvalue weighted by Crippen LogP contribution is 2.29. The van der Waals surface area contributed by atoms with Crippen molar-refractivity contribution in [1.29, 1.82) is 0 Å². The Bertz CT molecular complexity index is 1440. The standard InChI is InChI=1S/C25H26N4O3S/c1-4-32-20-8-5-7-18(13-20)29-19(11-16(2)3)14-23(28-29)27-24-21(25(30)31)12-17(15-26-24)22-9-6-10-33-22/h5-10,12-16H,4,11H2,1-3H3,(H,30,31)(H,26,27,28)/i1D3,4D2. The molecule has 8 heteroatoms. The maximum absolute atomic E-state index is 12.0. The number of nitrogens with zero attached hydrogens (tertiary/aromatic N) is 3. The molecule has 0 saturated heterocycles. The van der Waals surface area contributed by atoms with E-state index in [0.29, 0.717) is 23.5 Å². The van der Waals surface area contributed by atoms with Gasteiger partial charge >= 0.3 is 5.97 Å². The van der Waals surface area contributed by atoms with Crippen LogP contribution in [0, 0.1) is 5.92 Å². The van der Waals surface area contributed by atoms with E-state index in [1.54, 1.807) is 35.1 Å². The molecule has 2 N–H and O–H groups in total. The summed E-state index contributed by atoms with van der Waals surface area (Å²) in [6.45, 7) is -1.76. The van der Waals surface area contributed by atoms with Crippen molar-refractivity contribution in [1.82, 2.24) is 14.8 Å². The van der Waals surface area contributed by atoms with Crippen LogP contribution in [0.1, 0.15) is 43.6 Å². The molecule has 0 fully saturated rings. The molecule has 0 bridgehead atoms. The molecule has 0 radical (unpaired) electrons. The van der Waals surface area contributed by atoms with Gasteiger partial charge in [-0.2, -0.15) is 0 Å². The fourth-order valence-corrected chi connectivity index (χ4v) is 4.14. The zero-order valence-electron chi connectivity index (χ0n) is 23.1. The minimum Gasteiger partial charge on any atom is -0.494 e. The number of hydrogen-bond acceptors (Lipinski definition) is 6. The maximum atomic E-state index is 12.0. The number of ether oxygens (including phenoxy) is 1. The summed E-state index contributed by atoms with van der Waals surface area (Å²) in [4.78, 5) is 17.3. The Balaban J connectivity index is 1.69. The summed E-state index contributed by atoms with van der Waals surface area (Å²) < 4.78 is 44.5. The predicted octanol–water partition coefficient (Wildman–Crippen LogP) is 6.03. The van der Waals surface area contributed by atoms with E-state index in [9.17, 15) is 9.90 Å². The van der Waals surface area contributed by atoms with Crippen LogP contribution in [0.4, 0.5) is 11.6 Å². The Kier molecular flexibility index (Phi) is 5.06. The van der Waals surface area contributed by atoms with Crippen LogP contribution >= 0.6 is 11.3 Å². The molecule has 0 aliphatic rings. The summed E-state index contributed by atoms with van der Waals surface area (Å²) in [7, 11) is 0. The van der Waals surface area contributed by atoms with Gasteiger partial charge in [0.1, 0.15) is 17.1 Å². The first kappa shape index (κ1) is 16.9. The lowest BCUT2D eigenvalue weighted by Crippen LogP contribution is -2.07. The van der Waals surface area contributed by atoms with Gasteiger partial charge in [0, 0.05) is 38.6 Å². The Morgan fingerprint density at radius 2 is 2.18 bits per heavy atom. The highest BCUT2D eigenvalue weighted by molar-refractivity contribution is 7.13. The van der Waals surface area contributed by atoms with E-state index in [1.165, 1.54) is 23.5 Å². The number of aromatic nitrogens is 3. The Hall–Kier alpha value is -3.65. The number of thiophene rings is 1. The molecule has 33 heavy (non-hydrogen) atoms. The van der Waals surface area contributed by atoms with Gasteiger partial charge in [-0.3, -0.25) is 0 Å². The number of benzene rings is 1. The third kappa shape index (κ3) is 5.23. The summed E-state index contributed by atoms with van der Waals surface area (Å²) in [5.74, 6) is -0.331. The predicted molar refractivity (Wildman–Crippen MR) is 131 cm³/mol. The number of aromatic carboxylic acids is 1. The molecule has 4 rings (SSSR count). The van der Waals surface area contributed by atoms with Gasteiger partial charge in [-0.15, -0.1) is 16.4 Å². The van der Waals surface area contributed by atoms with Crippen molar-refractivity contribution in [2.75, 3.05) is 11.9 Å². The average Bonchev–Trinajstić information content (AvgIpc) is 3.48. The number of carboxylic acid groups (broad SMARTS) is 1. The van der Waals surface area contributed by atoms with Crippen LogP contribution in [-0.4, -0.2) is 32.4 Å². The van der Waals surface area contributed by atoms with Crippen LogP contribution in [0.2, 0.25) is 0 Å². The van der Waals surface area contributed by atoms with Gasteiger partial charge < -0.3 is 15.2 Å². The quantitative estimate of drug-likeness (QED) is 0.312. The number of nitrogens with one attached hydrogen (secondary N) is 1. The summed E-state index contributed by atoms with van der Waals surface area (Å²) in [5.41, 5.74) is 2.01. The van der Waals surface area contributed by atoms with E-state index >= 15 is 0 Å². The van der Waals surface area contributed by atoms with Crippen molar-refractivity contribution in [2.45, 2.75) is 27.1 Å². The van der Waals surface area contributed by atoms with E-state index in [1.807, 2.05) is 31.4 Å². The average molecular weight is 468 g/mol. The molecular weight excluding hydrogens is 436 g/mol. The van der Waals surface area contributed by atoms with Crippen molar-refractivity contribution < 1.29 is 21.5 Å². The molecule has 7 nitrogen and oxygen atoms in total. The third-order valence-corrected chi connectivity index (χ3v) is 5.72. The first-order chi connectivity index (χ1) is 17.8. The van der Waals surface area contributed by atoms with Gasteiger partial charge in [0.25, 0.3) is 0 Å². The molecule has 0 spiro atoms. The molecule has 0 amide bonds. The molecule has 4 aromatic rings. The second-order valence-electron chi connectivity index (χ2n) is 7.76. The van der Waals surface area contributed by atoms with Crippen molar-refractivity contribution >= 4 is 28.9 Å². The number of anilines is 2. The van der Waals surface area contributed by atoms with Crippen LogP contribution < -0.4 is 10.1 Å². The van der Waals surface area contributed by atoms with E-state index in [0.717, 1.165) is 10.6 Å². The zero-order chi connectivity index (χ0) is 27.7. The monoisotopic (exact) mass is 467 g/mol. The van der Waals surface area contributed by atoms with Crippen LogP contribution in [0.5, 0.6) is 5.75 Å². The summed E-state index contributed by atoms with van der Waals surface area (Å²) >= 11 is 1.49. The molecule has 3 aromatic heterocycles. The van der Waals surface area contributed by atoms with Crippen molar-refractivity contribution in [3.05, 3.63) is 71.4 Å². The van der Waals surface area contributed by atoms with E-state index in [-0.39, 0.29) is 23.0 Å². The van der Waals surface area contributed by atoms with Gasteiger partial charge in [-0.25, -0.2) is 14.5 Å². The zero-order valence-corrected chi connectivity index (χ0v) is 18.9. The van der Waals surface area contributed by atoms with Gasteiger partial charge in [0.2, 0.25) is 0 Å². The van der Waals surface area contributed by atoms with Crippen molar-refractivity contribution in [3.63, 3.8) is 0 Å². The normalized spacial score (nSPS) is 14.1. The van der Waals surface area contributed by atoms with Gasteiger partial charge in [-0.1, -0.05) is 26.0 Å². The molecular formula is C25H26N4O3S. The van der Waals surface area contributed by atoms with E-state index in [4.69, 9.17) is 11.6 Å². The van der Waals surface area contributed by atoms with Crippen LogP contribution in [0.3, 0.4) is 0 Å². The number of carbonyl (C=O) groups is 1. The molecule has 170 valence electrons.